The minimum Gasteiger partial charge on any atom is -0.385 e. The number of hydrogen-bond donors (Lipinski definition) is 2. The van der Waals surface area contributed by atoms with Crippen LogP contribution in [-0.2, 0) is 0 Å². The molecule has 21 heavy (non-hydrogen) atoms. The van der Waals surface area contributed by atoms with E-state index in [1.165, 1.54) is 37.7 Å². The summed E-state index contributed by atoms with van der Waals surface area (Å²) in [7, 11) is 3.75. The van der Waals surface area contributed by atoms with Crippen LogP contribution in [0.3, 0.4) is 0 Å². The van der Waals surface area contributed by atoms with E-state index >= 15 is 0 Å². The van der Waals surface area contributed by atoms with Crippen LogP contribution in [0.5, 0.6) is 0 Å². The van der Waals surface area contributed by atoms with Gasteiger partial charge in [0.1, 0.15) is 11.7 Å². The van der Waals surface area contributed by atoms with E-state index in [-0.39, 0.29) is 0 Å². The average Bonchev–Trinajstić information content (AvgIpc) is 2.48. The first-order valence-corrected chi connectivity index (χ1v) is 7.65. The molecule has 0 aromatic heterocycles. The highest BCUT2D eigenvalue weighted by molar-refractivity contribution is 5.93. The fraction of sp³-hybridized carbons (Fsp3) is 0.471. The van der Waals surface area contributed by atoms with Gasteiger partial charge in [0.15, 0.2) is 0 Å². The Bertz CT molecular complexity index is 508. The maximum absolute atomic E-state index is 5.89. The maximum atomic E-state index is 5.89. The van der Waals surface area contributed by atoms with Gasteiger partial charge in [0.25, 0.3) is 0 Å². The standard InChI is InChI=1S/C17H26N4/c1-21(2)17(19)12-16(18)20-15-10-8-14(9-11-15)13-6-4-3-5-7-13/h8-13H,3-7,19H2,1-2H3,(H2,18,20). The maximum Gasteiger partial charge on any atom is 0.127 e. The van der Waals surface area contributed by atoms with Gasteiger partial charge in [-0.15, -0.1) is 0 Å². The summed E-state index contributed by atoms with van der Waals surface area (Å²) in [5.74, 6) is 1.74. The summed E-state index contributed by atoms with van der Waals surface area (Å²) < 4.78 is 0. The highest BCUT2D eigenvalue weighted by Gasteiger charge is 2.14. The van der Waals surface area contributed by atoms with Crippen LogP contribution < -0.4 is 11.5 Å². The van der Waals surface area contributed by atoms with Crippen LogP contribution >= 0.6 is 0 Å². The van der Waals surface area contributed by atoms with Crippen molar-refractivity contribution in [2.45, 2.75) is 38.0 Å². The van der Waals surface area contributed by atoms with E-state index in [1.807, 2.05) is 26.2 Å². The van der Waals surface area contributed by atoms with Crippen molar-refractivity contribution in [2.75, 3.05) is 14.1 Å². The van der Waals surface area contributed by atoms with Crippen molar-refractivity contribution in [2.24, 2.45) is 16.5 Å². The van der Waals surface area contributed by atoms with Crippen LogP contribution in [0.2, 0.25) is 0 Å². The van der Waals surface area contributed by atoms with Crippen molar-refractivity contribution in [1.82, 2.24) is 4.90 Å². The van der Waals surface area contributed by atoms with Crippen molar-refractivity contribution in [3.05, 3.63) is 41.7 Å². The monoisotopic (exact) mass is 286 g/mol. The van der Waals surface area contributed by atoms with Crippen LogP contribution in [0.15, 0.2) is 41.2 Å². The molecule has 0 atom stereocenters. The Morgan fingerprint density at radius 2 is 1.71 bits per heavy atom. The number of nitrogens with two attached hydrogens (primary N) is 2. The summed E-state index contributed by atoms with van der Waals surface area (Å²) in [6, 6.07) is 8.44. The van der Waals surface area contributed by atoms with Crippen LogP contribution in [0, 0.1) is 0 Å². The molecular formula is C17H26N4. The zero-order valence-electron chi connectivity index (χ0n) is 13.0. The largest absolute Gasteiger partial charge is 0.385 e. The molecule has 4 heteroatoms. The zero-order valence-corrected chi connectivity index (χ0v) is 13.0. The van der Waals surface area contributed by atoms with E-state index in [4.69, 9.17) is 11.5 Å². The van der Waals surface area contributed by atoms with E-state index < -0.39 is 0 Å². The van der Waals surface area contributed by atoms with Crippen LogP contribution in [-0.4, -0.2) is 24.8 Å². The normalized spacial score (nSPS) is 17.8. The molecule has 0 heterocycles. The number of hydrogen-bond acceptors (Lipinski definition) is 3. The third kappa shape index (κ3) is 4.52. The van der Waals surface area contributed by atoms with Gasteiger partial charge in [-0.25, -0.2) is 4.99 Å². The fourth-order valence-corrected chi connectivity index (χ4v) is 2.72. The Labute approximate surface area is 127 Å². The Morgan fingerprint density at radius 3 is 2.29 bits per heavy atom. The summed E-state index contributed by atoms with van der Waals surface area (Å²) in [4.78, 5) is 6.18. The molecule has 0 amide bonds. The van der Waals surface area contributed by atoms with Gasteiger partial charge in [-0.1, -0.05) is 31.4 Å². The average molecular weight is 286 g/mol. The van der Waals surface area contributed by atoms with E-state index in [9.17, 15) is 0 Å². The second kappa shape index (κ2) is 7.16. The van der Waals surface area contributed by atoms with Crippen LogP contribution in [0.4, 0.5) is 5.69 Å². The van der Waals surface area contributed by atoms with Gasteiger partial charge in [0.05, 0.1) is 5.69 Å². The fourth-order valence-electron chi connectivity index (χ4n) is 2.72. The topological polar surface area (TPSA) is 67.6 Å². The number of benzene rings is 1. The Hall–Kier alpha value is -1.97. The minimum atomic E-state index is 0.423. The van der Waals surface area contributed by atoms with Gasteiger partial charge >= 0.3 is 0 Å². The van der Waals surface area contributed by atoms with Gasteiger partial charge < -0.3 is 16.4 Å². The van der Waals surface area contributed by atoms with E-state index in [0.29, 0.717) is 11.7 Å². The number of nitrogens with zero attached hydrogens (tertiary/aromatic N) is 2. The molecule has 1 aromatic rings. The minimum absolute atomic E-state index is 0.423. The van der Waals surface area contributed by atoms with Gasteiger partial charge in [0.2, 0.25) is 0 Å². The molecule has 0 saturated heterocycles. The molecule has 4 nitrogen and oxygen atoms in total. The molecule has 1 aliphatic carbocycles. The molecule has 2 rings (SSSR count). The third-order valence-corrected chi connectivity index (χ3v) is 4.04. The molecule has 1 saturated carbocycles. The second-order valence-corrected chi connectivity index (χ2v) is 5.93. The van der Waals surface area contributed by atoms with Gasteiger partial charge in [-0.2, -0.15) is 0 Å². The number of rotatable bonds is 4. The molecule has 4 N–H and O–H groups in total. The lowest BCUT2D eigenvalue weighted by Gasteiger charge is -2.21. The quantitative estimate of drug-likeness (QED) is 0.660. The Kier molecular flexibility index (Phi) is 5.26. The summed E-state index contributed by atoms with van der Waals surface area (Å²) in [5.41, 5.74) is 14.0. The molecule has 0 aliphatic heterocycles. The first-order valence-electron chi connectivity index (χ1n) is 7.65. The van der Waals surface area contributed by atoms with Crippen molar-refractivity contribution in [3.8, 4) is 0 Å². The summed E-state index contributed by atoms with van der Waals surface area (Å²) in [6.45, 7) is 0. The Morgan fingerprint density at radius 1 is 1.10 bits per heavy atom. The lowest BCUT2D eigenvalue weighted by atomic mass is 9.84. The van der Waals surface area contributed by atoms with E-state index in [1.54, 1.807) is 11.0 Å². The van der Waals surface area contributed by atoms with Crippen molar-refractivity contribution in [3.63, 3.8) is 0 Å². The summed E-state index contributed by atoms with van der Waals surface area (Å²) >= 11 is 0. The predicted octanol–water partition coefficient (Wildman–Crippen LogP) is 3.08. The molecular weight excluding hydrogens is 260 g/mol. The van der Waals surface area contributed by atoms with Gasteiger partial charge in [-0.3, -0.25) is 0 Å². The number of amidine groups is 1. The zero-order chi connectivity index (χ0) is 15.2. The molecule has 1 aliphatic rings. The molecule has 0 spiro atoms. The summed E-state index contributed by atoms with van der Waals surface area (Å²) in [5, 5.41) is 0. The van der Waals surface area contributed by atoms with Crippen molar-refractivity contribution in [1.29, 1.82) is 0 Å². The molecule has 0 radical (unpaired) electrons. The van der Waals surface area contributed by atoms with Crippen molar-refractivity contribution < 1.29 is 0 Å². The molecule has 114 valence electrons. The first kappa shape index (κ1) is 15.4. The van der Waals surface area contributed by atoms with Gasteiger partial charge in [-0.05, 0) is 36.5 Å². The smallest absolute Gasteiger partial charge is 0.127 e. The molecule has 0 bridgehead atoms. The SMILES string of the molecule is CN(C)C(N)=CC(N)=Nc1ccc(C2CCCCC2)cc1. The lowest BCUT2D eigenvalue weighted by molar-refractivity contribution is 0.443. The highest BCUT2D eigenvalue weighted by Crippen LogP contribution is 2.33. The Balaban J connectivity index is 2.06. The van der Waals surface area contributed by atoms with E-state index in [0.717, 1.165) is 11.6 Å². The predicted molar refractivity (Wildman–Crippen MR) is 89.5 cm³/mol. The number of aliphatic imine (C=N–C) groups is 1. The third-order valence-electron chi connectivity index (χ3n) is 4.04. The highest BCUT2D eigenvalue weighted by atomic mass is 15.1. The van der Waals surface area contributed by atoms with Crippen LogP contribution in [0.1, 0.15) is 43.6 Å². The van der Waals surface area contributed by atoms with Crippen molar-refractivity contribution >= 4 is 11.5 Å². The van der Waals surface area contributed by atoms with Gasteiger partial charge in [0, 0.05) is 20.2 Å². The molecule has 1 aromatic carbocycles. The second-order valence-electron chi connectivity index (χ2n) is 5.93. The van der Waals surface area contributed by atoms with Crippen LogP contribution in [0.25, 0.3) is 0 Å². The molecule has 1 fully saturated rings. The summed E-state index contributed by atoms with van der Waals surface area (Å²) in [6.07, 6.45) is 8.39. The van der Waals surface area contributed by atoms with E-state index in [2.05, 4.69) is 17.1 Å². The first-order chi connectivity index (χ1) is 10.1. The lowest BCUT2D eigenvalue weighted by Crippen LogP contribution is -2.21. The molecule has 0 unspecified atom stereocenters.